The van der Waals surface area contributed by atoms with Crippen LogP contribution in [0.25, 0.3) is 5.69 Å². The molecule has 0 amide bonds. The maximum Gasteiger partial charge on any atom is 0.377 e. The third kappa shape index (κ3) is 2.56. The fourth-order valence-corrected chi connectivity index (χ4v) is 1.74. The van der Waals surface area contributed by atoms with Gasteiger partial charge in [-0.3, -0.25) is 10.1 Å². The lowest BCUT2D eigenvalue weighted by molar-refractivity contribution is -0.384. The molecule has 0 saturated carbocycles. The molecule has 0 aliphatic rings. The summed E-state index contributed by atoms with van der Waals surface area (Å²) in [6.07, 6.45) is 1.14. The van der Waals surface area contributed by atoms with E-state index < -0.39 is 10.9 Å². The molecule has 1 aromatic heterocycles. The first-order valence-corrected chi connectivity index (χ1v) is 5.83. The Morgan fingerprint density at radius 1 is 1.40 bits per heavy atom. The Labute approximate surface area is 122 Å². The summed E-state index contributed by atoms with van der Waals surface area (Å²) in [6, 6.07) is 2.36. The molecule has 104 valence electrons. The minimum Gasteiger partial charge on any atom is -0.463 e. The number of esters is 1. The number of methoxy groups -OCH3 is 1. The van der Waals surface area contributed by atoms with Gasteiger partial charge in [0.2, 0.25) is 0 Å². The number of nitro benzene ring substituents is 1. The smallest absolute Gasteiger partial charge is 0.377 e. The van der Waals surface area contributed by atoms with E-state index in [0.717, 1.165) is 17.1 Å². The maximum absolute atomic E-state index is 11.3. The van der Waals surface area contributed by atoms with E-state index in [1.54, 1.807) is 0 Å². The van der Waals surface area contributed by atoms with Crippen LogP contribution in [0.15, 0.2) is 18.5 Å². The van der Waals surface area contributed by atoms with Crippen molar-refractivity contribution in [1.29, 1.82) is 0 Å². The molecule has 0 saturated heterocycles. The average Bonchev–Trinajstić information content (AvgIpc) is 2.89. The third-order valence-corrected chi connectivity index (χ3v) is 3.04. The lowest BCUT2D eigenvalue weighted by Crippen LogP contribution is -2.06. The predicted octanol–water partition coefficient (Wildman–Crippen LogP) is 2.27. The molecular formula is C10H6Cl2N4O4. The summed E-state index contributed by atoms with van der Waals surface area (Å²) in [5, 5.41) is 14.9. The minimum atomic E-state index is -0.758. The second-order valence-corrected chi connectivity index (χ2v) is 4.33. The fraction of sp³-hybridized carbons (Fsp3) is 0.100. The molecule has 2 aromatic rings. The molecule has 0 aliphatic heterocycles. The number of benzene rings is 1. The van der Waals surface area contributed by atoms with Crippen molar-refractivity contribution in [3.05, 3.63) is 44.4 Å². The van der Waals surface area contributed by atoms with Crippen LogP contribution in [0.5, 0.6) is 0 Å². The van der Waals surface area contributed by atoms with Crippen LogP contribution in [0.1, 0.15) is 10.6 Å². The second kappa shape index (κ2) is 5.43. The first kappa shape index (κ1) is 14.2. The lowest BCUT2D eigenvalue weighted by Gasteiger charge is -2.04. The number of rotatable bonds is 3. The van der Waals surface area contributed by atoms with Crippen LogP contribution in [0.2, 0.25) is 10.0 Å². The highest BCUT2D eigenvalue weighted by Crippen LogP contribution is 2.32. The third-order valence-electron chi connectivity index (χ3n) is 2.32. The predicted molar refractivity (Wildman–Crippen MR) is 69.4 cm³/mol. The van der Waals surface area contributed by atoms with E-state index in [1.807, 2.05) is 0 Å². The summed E-state index contributed by atoms with van der Waals surface area (Å²) in [4.78, 5) is 25.3. The fourth-order valence-electron chi connectivity index (χ4n) is 1.42. The summed E-state index contributed by atoms with van der Waals surface area (Å²) >= 11 is 11.6. The van der Waals surface area contributed by atoms with Crippen LogP contribution in [-0.4, -0.2) is 32.8 Å². The van der Waals surface area contributed by atoms with E-state index in [1.165, 1.54) is 13.2 Å². The number of ether oxygens (including phenoxy) is 1. The molecule has 20 heavy (non-hydrogen) atoms. The highest BCUT2D eigenvalue weighted by molar-refractivity contribution is 6.42. The van der Waals surface area contributed by atoms with Gasteiger partial charge in [-0.2, -0.15) is 0 Å². The van der Waals surface area contributed by atoms with Gasteiger partial charge in [-0.1, -0.05) is 23.2 Å². The molecule has 2 rings (SSSR count). The zero-order valence-electron chi connectivity index (χ0n) is 9.91. The topological polar surface area (TPSA) is 100 Å². The van der Waals surface area contributed by atoms with Crippen LogP contribution >= 0.6 is 23.2 Å². The number of aromatic nitrogens is 3. The molecule has 0 aliphatic carbocycles. The van der Waals surface area contributed by atoms with Crippen molar-refractivity contribution < 1.29 is 14.5 Å². The van der Waals surface area contributed by atoms with Gasteiger partial charge in [0.25, 0.3) is 11.5 Å². The molecule has 0 N–H and O–H groups in total. The summed E-state index contributed by atoms with van der Waals surface area (Å²) in [5.74, 6) is -0.987. The molecule has 0 fully saturated rings. The Hall–Kier alpha value is -2.19. The van der Waals surface area contributed by atoms with Crippen LogP contribution in [0.3, 0.4) is 0 Å². The van der Waals surface area contributed by atoms with Crippen molar-refractivity contribution in [3.63, 3.8) is 0 Å². The number of nitro groups is 1. The van der Waals surface area contributed by atoms with Crippen molar-refractivity contribution in [2.75, 3.05) is 7.11 Å². The summed E-state index contributed by atoms with van der Waals surface area (Å²) in [5.41, 5.74) is -0.284. The van der Waals surface area contributed by atoms with Crippen molar-refractivity contribution in [2.24, 2.45) is 0 Å². The standard InChI is InChI=1S/C10H6Cl2N4O4/c1-20-10(17)9-13-4-15(14-9)7-2-5(11)6(12)3-8(7)16(18)19/h2-4H,1H3. The monoisotopic (exact) mass is 316 g/mol. The van der Waals surface area contributed by atoms with Crippen molar-refractivity contribution in [1.82, 2.24) is 14.8 Å². The molecule has 0 spiro atoms. The van der Waals surface area contributed by atoms with Gasteiger partial charge in [0.1, 0.15) is 12.0 Å². The zero-order chi connectivity index (χ0) is 14.9. The summed E-state index contributed by atoms with van der Waals surface area (Å²) < 4.78 is 5.50. The molecule has 0 bridgehead atoms. The SMILES string of the molecule is COC(=O)c1ncn(-c2cc(Cl)c(Cl)cc2[N+](=O)[O-])n1. The summed E-state index contributed by atoms with van der Waals surface area (Å²) in [6.45, 7) is 0. The van der Waals surface area contributed by atoms with Gasteiger partial charge in [0.15, 0.2) is 0 Å². The number of hydrogen-bond donors (Lipinski definition) is 0. The number of nitrogens with zero attached hydrogens (tertiary/aromatic N) is 4. The average molecular weight is 317 g/mol. The van der Waals surface area contributed by atoms with E-state index in [4.69, 9.17) is 23.2 Å². The number of carbonyl (C=O) groups excluding carboxylic acids is 1. The highest BCUT2D eigenvalue weighted by atomic mass is 35.5. The molecule has 1 heterocycles. The number of carbonyl (C=O) groups is 1. The molecule has 0 atom stereocenters. The zero-order valence-corrected chi connectivity index (χ0v) is 11.4. The van der Waals surface area contributed by atoms with Gasteiger partial charge >= 0.3 is 5.97 Å². The largest absolute Gasteiger partial charge is 0.463 e. The van der Waals surface area contributed by atoms with Gasteiger partial charge < -0.3 is 4.74 Å². The van der Waals surface area contributed by atoms with Gasteiger partial charge in [0.05, 0.1) is 22.1 Å². The molecular weight excluding hydrogens is 311 g/mol. The lowest BCUT2D eigenvalue weighted by atomic mass is 10.2. The van der Waals surface area contributed by atoms with E-state index in [-0.39, 0.29) is 27.2 Å². The molecule has 10 heteroatoms. The van der Waals surface area contributed by atoms with Crippen LogP contribution < -0.4 is 0 Å². The number of halogens is 2. The highest BCUT2D eigenvalue weighted by Gasteiger charge is 2.21. The first-order valence-electron chi connectivity index (χ1n) is 5.08. The van der Waals surface area contributed by atoms with Gasteiger partial charge in [-0.05, 0) is 6.07 Å². The maximum atomic E-state index is 11.3. The van der Waals surface area contributed by atoms with Crippen LogP contribution in [-0.2, 0) is 4.74 Å². The van der Waals surface area contributed by atoms with Gasteiger partial charge in [-0.25, -0.2) is 14.5 Å². The normalized spacial score (nSPS) is 10.3. The first-order chi connectivity index (χ1) is 9.43. The number of hydrogen-bond acceptors (Lipinski definition) is 6. The van der Waals surface area contributed by atoms with E-state index in [0.29, 0.717) is 0 Å². The quantitative estimate of drug-likeness (QED) is 0.489. The van der Waals surface area contributed by atoms with Gasteiger partial charge in [0, 0.05) is 6.07 Å². The Bertz CT molecular complexity index is 701. The van der Waals surface area contributed by atoms with E-state index in [9.17, 15) is 14.9 Å². The Kier molecular flexibility index (Phi) is 3.86. The Balaban J connectivity index is 2.57. The Morgan fingerprint density at radius 3 is 2.65 bits per heavy atom. The molecule has 1 aromatic carbocycles. The molecule has 0 unspecified atom stereocenters. The van der Waals surface area contributed by atoms with E-state index >= 15 is 0 Å². The molecule has 0 radical (unpaired) electrons. The molecule has 8 nitrogen and oxygen atoms in total. The van der Waals surface area contributed by atoms with Crippen LogP contribution in [0, 0.1) is 10.1 Å². The van der Waals surface area contributed by atoms with E-state index in [2.05, 4.69) is 14.8 Å². The van der Waals surface area contributed by atoms with Crippen molar-refractivity contribution >= 4 is 34.9 Å². The Morgan fingerprint density at radius 2 is 2.05 bits per heavy atom. The van der Waals surface area contributed by atoms with Crippen molar-refractivity contribution in [3.8, 4) is 5.69 Å². The van der Waals surface area contributed by atoms with Crippen LogP contribution in [0.4, 0.5) is 5.69 Å². The summed E-state index contributed by atoms with van der Waals surface area (Å²) in [7, 11) is 1.17. The minimum absolute atomic E-state index is 0.0343. The second-order valence-electron chi connectivity index (χ2n) is 3.52. The van der Waals surface area contributed by atoms with Gasteiger partial charge in [-0.15, -0.1) is 5.10 Å². The van der Waals surface area contributed by atoms with Crippen molar-refractivity contribution in [2.45, 2.75) is 0 Å².